The van der Waals surface area contributed by atoms with Crippen LogP contribution in [0, 0.1) is 6.92 Å². The number of benzene rings is 1. The zero-order valence-corrected chi connectivity index (χ0v) is 15.6. The lowest BCUT2D eigenvalue weighted by molar-refractivity contribution is 0.0713. The quantitative estimate of drug-likeness (QED) is 0.906. The van der Waals surface area contributed by atoms with E-state index in [0.717, 1.165) is 35.7 Å². The van der Waals surface area contributed by atoms with Gasteiger partial charge in [0, 0.05) is 24.7 Å². The average molecular weight is 361 g/mol. The number of hydrogen-bond donors (Lipinski definition) is 1. The van der Waals surface area contributed by atoms with Gasteiger partial charge in [0.1, 0.15) is 9.88 Å². The van der Waals surface area contributed by atoms with Gasteiger partial charge in [-0.15, -0.1) is 11.3 Å². The van der Waals surface area contributed by atoms with Crippen molar-refractivity contribution in [1.29, 1.82) is 0 Å². The second-order valence-corrected chi connectivity index (χ2v) is 7.16. The molecule has 0 spiro atoms. The number of amides is 1. The number of carbonyl (C=O) groups excluding carboxylic acids is 1. The zero-order chi connectivity index (χ0) is 18.0. The van der Waals surface area contributed by atoms with Crippen LogP contribution in [-0.2, 0) is 0 Å². The van der Waals surface area contributed by atoms with Crippen molar-refractivity contribution in [2.45, 2.75) is 25.8 Å². The Morgan fingerprint density at radius 2 is 2.08 bits per heavy atom. The molecule has 1 aromatic heterocycles. The Balaban J connectivity index is 1.88. The van der Waals surface area contributed by atoms with Crippen LogP contribution in [0.15, 0.2) is 18.2 Å². The van der Waals surface area contributed by atoms with Crippen molar-refractivity contribution < 1.29 is 14.3 Å². The van der Waals surface area contributed by atoms with Crippen molar-refractivity contribution >= 4 is 17.2 Å². The maximum absolute atomic E-state index is 12.8. The maximum atomic E-state index is 12.8. The van der Waals surface area contributed by atoms with E-state index in [2.05, 4.69) is 4.98 Å². The summed E-state index contributed by atoms with van der Waals surface area (Å²) in [7, 11) is 3.20. The van der Waals surface area contributed by atoms with Crippen molar-refractivity contribution in [2.75, 3.05) is 27.3 Å². The first kappa shape index (κ1) is 17.7. The fraction of sp³-hybridized carbons (Fsp3) is 0.444. The van der Waals surface area contributed by atoms with Crippen LogP contribution in [0.2, 0.25) is 0 Å². The van der Waals surface area contributed by atoms with E-state index >= 15 is 0 Å². The number of thiazole rings is 1. The molecule has 1 saturated heterocycles. The van der Waals surface area contributed by atoms with E-state index in [9.17, 15) is 4.79 Å². The van der Waals surface area contributed by atoms with Crippen molar-refractivity contribution in [3.63, 3.8) is 0 Å². The van der Waals surface area contributed by atoms with Gasteiger partial charge in [0.15, 0.2) is 11.5 Å². The molecule has 1 unspecified atom stereocenters. The molecule has 0 aliphatic carbocycles. The summed E-state index contributed by atoms with van der Waals surface area (Å²) in [4.78, 5) is 19.9. The Kier molecular flexibility index (Phi) is 5.24. The Bertz CT molecular complexity index is 775. The first-order valence-corrected chi connectivity index (χ1v) is 9.09. The van der Waals surface area contributed by atoms with Crippen LogP contribution in [0.4, 0.5) is 0 Å². The summed E-state index contributed by atoms with van der Waals surface area (Å²) in [6.07, 6.45) is 1.93. The number of likely N-dealkylation sites (tertiary alicyclic amines) is 1. The first-order chi connectivity index (χ1) is 12.0. The van der Waals surface area contributed by atoms with Crippen LogP contribution in [0.25, 0.3) is 10.6 Å². The highest BCUT2D eigenvalue weighted by Crippen LogP contribution is 2.35. The summed E-state index contributed by atoms with van der Waals surface area (Å²) >= 11 is 1.41. The summed E-state index contributed by atoms with van der Waals surface area (Å²) in [6.45, 7) is 3.25. The van der Waals surface area contributed by atoms with Crippen LogP contribution >= 0.6 is 11.3 Å². The van der Waals surface area contributed by atoms with E-state index in [1.165, 1.54) is 11.3 Å². The molecular weight excluding hydrogens is 338 g/mol. The van der Waals surface area contributed by atoms with Gasteiger partial charge in [0.2, 0.25) is 0 Å². The summed E-state index contributed by atoms with van der Waals surface area (Å²) in [5.74, 6) is 1.33. The molecule has 2 heterocycles. The van der Waals surface area contributed by atoms with Gasteiger partial charge in [-0.05, 0) is 38.0 Å². The molecule has 0 radical (unpaired) electrons. The van der Waals surface area contributed by atoms with Gasteiger partial charge in [-0.2, -0.15) is 0 Å². The fourth-order valence-electron chi connectivity index (χ4n) is 3.03. The summed E-state index contributed by atoms with van der Waals surface area (Å²) < 4.78 is 10.6. The van der Waals surface area contributed by atoms with Gasteiger partial charge in [0.25, 0.3) is 5.91 Å². The molecule has 7 heteroatoms. The van der Waals surface area contributed by atoms with Crippen molar-refractivity contribution in [2.24, 2.45) is 5.73 Å². The molecule has 1 atom stereocenters. The largest absolute Gasteiger partial charge is 0.493 e. The number of aromatic nitrogens is 1. The number of carbonyl (C=O) groups is 1. The molecule has 2 N–H and O–H groups in total. The van der Waals surface area contributed by atoms with Crippen LogP contribution in [0.1, 0.15) is 28.2 Å². The van der Waals surface area contributed by atoms with Crippen molar-refractivity contribution in [1.82, 2.24) is 9.88 Å². The average Bonchev–Trinajstić information content (AvgIpc) is 3.02. The molecule has 1 aliphatic heterocycles. The standard InChI is InChI=1S/C18H23N3O3S/c1-11-16(18(22)21-8-4-5-13(19)10-21)25-17(20-11)12-6-7-14(23-2)15(9-12)24-3/h6-7,9,13H,4-5,8,10,19H2,1-3H3. The number of hydrogen-bond acceptors (Lipinski definition) is 6. The van der Waals surface area contributed by atoms with Gasteiger partial charge >= 0.3 is 0 Å². The monoisotopic (exact) mass is 361 g/mol. The van der Waals surface area contributed by atoms with Crippen LogP contribution in [0.5, 0.6) is 11.5 Å². The van der Waals surface area contributed by atoms with Gasteiger partial charge in [-0.3, -0.25) is 4.79 Å². The Labute approximate surface area is 151 Å². The molecule has 0 bridgehead atoms. The number of ether oxygens (including phenoxy) is 2. The Hall–Kier alpha value is -2.12. The van der Waals surface area contributed by atoms with E-state index in [4.69, 9.17) is 15.2 Å². The minimum Gasteiger partial charge on any atom is -0.493 e. The summed E-state index contributed by atoms with van der Waals surface area (Å²) in [5.41, 5.74) is 7.65. The lowest BCUT2D eigenvalue weighted by Gasteiger charge is -2.30. The molecule has 6 nitrogen and oxygen atoms in total. The molecular formula is C18H23N3O3S. The molecule has 1 fully saturated rings. The zero-order valence-electron chi connectivity index (χ0n) is 14.7. The smallest absolute Gasteiger partial charge is 0.265 e. The first-order valence-electron chi connectivity index (χ1n) is 8.28. The second-order valence-electron chi connectivity index (χ2n) is 6.16. The highest BCUT2D eigenvalue weighted by atomic mass is 32.1. The topological polar surface area (TPSA) is 77.7 Å². The maximum Gasteiger partial charge on any atom is 0.265 e. The third-order valence-electron chi connectivity index (χ3n) is 4.37. The van der Waals surface area contributed by atoms with E-state index in [-0.39, 0.29) is 11.9 Å². The molecule has 134 valence electrons. The predicted octanol–water partition coefficient (Wildman–Crippen LogP) is 2.70. The van der Waals surface area contributed by atoms with E-state index < -0.39 is 0 Å². The third-order valence-corrected chi connectivity index (χ3v) is 5.56. The molecule has 1 aromatic carbocycles. The van der Waals surface area contributed by atoms with E-state index in [1.54, 1.807) is 14.2 Å². The van der Waals surface area contributed by atoms with E-state index in [0.29, 0.717) is 22.9 Å². The molecule has 1 amide bonds. The number of aryl methyl sites for hydroxylation is 1. The molecule has 3 rings (SSSR count). The van der Waals surface area contributed by atoms with Gasteiger partial charge in [-0.25, -0.2) is 4.98 Å². The number of piperidine rings is 1. The van der Waals surface area contributed by atoms with E-state index in [1.807, 2.05) is 30.0 Å². The summed E-state index contributed by atoms with van der Waals surface area (Å²) in [6, 6.07) is 5.71. The van der Waals surface area contributed by atoms with Gasteiger partial charge in [-0.1, -0.05) is 0 Å². The molecule has 0 saturated carbocycles. The Morgan fingerprint density at radius 3 is 2.76 bits per heavy atom. The minimum absolute atomic E-state index is 0.0249. The predicted molar refractivity (Wildman–Crippen MR) is 98.5 cm³/mol. The molecule has 1 aliphatic rings. The van der Waals surface area contributed by atoms with Crippen molar-refractivity contribution in [3.8, 4) is 22.1 Å². The van der Waals surface area contributed by atoms with Gasteiger partial charge in [0.05, 0.1) is 19.9 Å². The number of rotatable bonds is 4. The minimum atomic E-state index is 0.0249. The number of nitrogens with zero attached hydrogens (tertiary/aromatic N) is 2. The lowest BCUT2D eigenvalue weighted by atomic mass is 10.1. The highest BCUT2D eigenvalue weighted by molar-refractivity contribution is 7.17. The lowest BCUT2D eigenvalue weighted by Crippen LogP contribution is -2.45. The second kappa shape index (κ2) is 7.41. The Morgan fingerprint density at radius 1 is 1.32 bits per heavy atom. The third kappa shape index (κ3) is 3.62. The molecule has 25 heavy (non-hydrogen) atoms. The van der Waals surface area contributed by atoms with Crippen LogP contribution in [0.3, 0.4) is 0 Å². The highest BCUT2D eigenvalue weighted by Gasteiger charge is 2.26. The van der Waals surface area contributed by atoms with Gasteiger partial charge < -0.3 is 20.1 Å². The van der Waals surface area contributed by atoms with Crippen LogP contribution in [-0.4, -0.2) is 49.1 Å². The summed E-state index contributed by atoms with van der Waals surface area (Å²) in [5, 5.41) is 0.795. The normalized spacial score (nSPS) is 17.4. The molecule has 2 aromatic rings. The van der Waals surface area contributed by atoms with Crippen LogP contribution < -0.4 is 15.2 Å². The SMILES string of the molecule is COc1ccc(-c2nc(C)c(C(=O)N3CCCC(N)C3)s2)cc1OC. The number of methoxy groups -OCH3 is 2. The van der Waals surface area contributed by atoms with Crippen molar-refractivity contribution in [3.05, 3.63) is 28.8 Å². The fourth-order valence-corrected chi connectivity index (χ4v) is 4.06. The number of nitrogens with two attached hydrogens (primary N) is 1.